The van der Waals surface area contributed by atoms with E-state index in [0.29, 0.717) is 0 Å². The Hall–Kier alpha value is -1.15. The normalized spacial score (nSPS) is 9.92. The average Bonchev–Trinajstić information content (AvgIpc) is 2.15. The molecule has 0 unspecified atom stereocenters. The van der Waals surface area contributed by atoms with Crippen molar-refractivity contribution in [3.63, 3.8) is 0 Å². The molecule has 0 aliphatic rings. The van der Waals surface area contributed by atoms with Crippen LogP contribution in [0.5, 0.6) is 0 Å². The number of halogens is 1. The van der Waals surface area contributed by atoms with Crippen LogP contribution in [0.25, 0.3) is 0 Å². The van der Waals surface area contributed by atoms with E-state index in [2.05, 4.69) is 11.9 Å². The minimum atomic E-state index is -0.122. The predicted molar refractivity (Wildman–Crippen MR) is 53.2 cm³/mol. The molecule has 1 rings (SSSR count). The molecule has 0 aliphatic carbocycles. The summed E-state index contributed by atoms with van der Waals surface area (Å²) in [7, 11) is 0. The molecule has 0 heterocycles. The summed E-state index contributed by atoms with van der Waals surface area (Å²) in [6.07, 6.45) is 2.52. The minimum absolute atomic E-state index is 0.122. The molecule has 1 nitrogen and oxygen atoms in total. The smallest absolute Gasteiger partial charge is 0.126 e. The lowest BCUT2D eigenvalue weighted by molar-refractivity contribution is 0.603. The molecular formula is C11H14FN. The summed E-state index contributed by atoms with van der Waals surface area (Å²) in [4.78, 5) is 0. The van der Waals surface area contributed by atoms with Gasteiger partial charge in [-0.15, -0.1) is 6.58 Å². The number of hydrogen-bond donors (Lipinski definition) is 1. The van der Waals surface area contributed by atoms with Crippen LogP contribution in [0.2, 0.25) is 0 Å². The Balaban J connectivity index is 2.36. The van der Waals surface area contributed by atoms with Crippen LogP contribution in [0.3, 0.4) is 0 Å². The molecule has 0 atom stereocenters. The average molecular weight is 179 g/mol. The Bertz CT molecular complexity index is 271. The molecular weight excluding hydrogens is 165 g/mol. The van der Waals surface area contributed by atoms with Gasteiger partial charge in [-0.1, -0.05) is 24.3 Å². The lowest BCUT2D eigenvalue weighted by Crippen LogP contribution is -2.17. The topological polar surface area (TPSA) is 12.0 Å². The van der Waals surface area contributed by atoms with E-state index in [1.807, 2.05) is 12.1 Å². The first-order valence-electron chi connectivity index (χ1n) is 4.39. The molecule has 0 amide bonds. The van der Waals surface area contributed by atoms with Gasteiger partial charge in [0.1, 0.15) is 5.82 Å². The third-order valence-corrected chi connectivity index (χ3v) is 1.82. The van der Waals surface area contributed by atoms with Gasteiger partial charge in [0.05, 0.1) is 0 Å². The largest absolute Gasteiger partial charge is 0.313 e. The van der Waals surface area contributed by atoms with Crippen LogP contribution in [0, 0.1) is 5.82 Å². The monoisotopic (exact) mass is 179 g/mol. The van der Waals surface area contributed by atoms with Gasteiger partial charge >= 0.3 is 0 Å². The number of nitrogens with one attached hydrogen (secondary N) is 1. The molecule has 2 heteroatoms. The second-order valence-corrected chi connectivity index (χ2v) is 2.83. The summed E-state index contributed by atoms with van der Waals surface area (Å²) in [5, 5.41) is 3.13. The van der Waals surface area contributed by atoms with Crippen LogP contribution in [-0.4, -0.2) is 13.1 Å². The number of benzene rings is 1. The molecule has 70 valence electrons. The van der Waals surface area contributed by atoms with Crippen LogP contribution in [-0.2, 0) is 6.42 Å². The van der Waals surface area contributed by atoms with E-state index >= 15 is 0 Å². The predicted octanol–water partition coefficient (Wildman–Crippen LogP) is 2.14. The van der Waals surface area contributed by atoms with Gasteiger partial charge in [0.15, 0.2) is 0 Å². The van der Waals surface area contributed by atoms with Gasteiger partial charge in [-0.05, 0) is 24.6 Å². The molecule has 0 saturated carbocycles. The fraction of sp³-hybridized carbons (Fsp3) is 0.273. The standard InChI is InChI=1S/C11H14FN/c1-2-8-13-9-7-10-5-3-4-6-11(10)12/h2-6,13H,1,7-9H2. The minimum Gasteiger partial charge on any atom is -0.313 e. The Kier molecular flexibility index (Phi) is 4.19. The highest BCUT2D eigenvalue weighted by Crippen LogP contribution is 2.05. The van der Waals surface area contributed by atoms with Crippen LogP contribution in [0.4, 0.5) is 4.39 Å². The Morgan fingerprint density at radius 1 is 1.38 bits per heavy atom. The molecule has 0 bridgehead atoms. The summed E-state index contributed by atoms with van der Waals surface area (Å²) >= 11 is 0. The first-order chi connectivity index (χ1) is 6.34. The van der Waals surface area contributed by atoms with Crippen molar-refractivity contribution in [1.29, 1.82) is 0 Å². The first kappa shape index (κ1) is 9.93. The van der Waals surface area contributed by atoms with Crippen LogP contribution in [0.15, 0.2) is 36.9 Å². The van der Waals surface area contributed by atoms with Crippen molar-refractivity contribution in [2.24, 2.45) is 0 Å². The van der Waals surface area contributed by atoms with Crippen molar-refractivity contribution in [3.05, 3.63) is 48.3 Å². The molecule has 0 aromatic heterocycles. The molecule has 13 heavy (non-hydrogen) atoms. The van der Waals surface area contributed by atoms with Gasteiger partial charge in [0, 0.05) is 6.54 Å². The maximum absolute atomic E-state index is 13.1. The summed E-state index contributed by atoms with van der Waals surface area (Å²) < 4.78 is 13.1. The van der Waals surface area contributed by atoms with Crippen LogP contribution < -0.4 is 5.32 Å². The summed E-state index contributed by atoms with van der Waals surface area (Å²) in [5.74, 6) is -0.122. The third-order valence-electron chi connectivity index (χ3n) is 1.82. The summed E-state index contributed by atoms with van der Waals surface area (Å²) in [6, 6.07) is 6.86. The van der Waals surface area contributed by atoms with Gasteiger partial charge in [-0.3, -0.25) is 0 Å². The Labute approximate surface area is 78.3 Å². The Morgan fingerprint density at radius 3 is 2.85 bits per heavy atom. The quantitative estimate of drug-likeness (QED) is 0.539. The van der Waals surface area contributed by atoms with Crippen LogP contribution >= 0.6 is 0 Å². The highest BCUT2D eigenvalue weighted by molar-refractivity contribution is 5.17. The third kappa shape index (κ3) is 3.38. The molecule has 0 aliphatic heterocycles. The second-order valence-electron chi connectivity index (χ2n) is 2.83. The van der Waals surface area contributed by atoms with Gasteiger partial charge in [-0.2, -0.15) is 0 Å². The van der Waals surface area contributed by atoms with E-state index in [-0.39, 0.29) is 5.82 Å². The Morgan fingerprint density at radius 2 is 2.15 bits per heavy atom. The fourth-order valence-electron chi connectivity index (χ4n) is 1.13. The number of rotatable bonds is 5. The molecule has 1 aromatic carbocycles. The van der Waals surface area contributed by atoms with Crippen molar-refractivity contribution in [2.75, 3.05) is 13.1 Å². The summed E-state index contributed by atoms with van der Waals surface area (Å²) in [6.45, 7) is 5.14. The van der Waals surface area contributed by atoms with E-state index < -0.39 is 0 Å². The molecule has 1 aromatic rings. The zero-order valence-corrected chi connectivity index (χ0v) is 7.59. The number of hydrogen-bond acceptors (Lipinski definition) is 1. The molecule has 0 spiro atoms. The van der Waals surface area contributed by atoms with Crippen molar-refractivity contribution in [1.82, 2.24) is 5.32 Å². The van der Waals surface area contributed by atoms with Crippen molar-refractivity contribution >= 4 is 0 Å². The second kappa shape index (κ2) is 5.49. The van der Waals surface area contributed by atoms with Gasteiger partial charge in [0.2, 0.25) is 0 Å². The highest BCUT2D eigenvalue weighted by atomic mass is 19.1. The SMILES string of the molecule is C=CCNCCc1ccccc1F. The van der Waals surface area contributed by atoms with Crippen molar-refractivity contribution in [2.45, 2.75) is 6.42 Å². The van der Waals surface area contributed by atoms with E-state index in [4.69, 9.17) is 0 Å². The highest BCUT2D eigenvalue weighted by Gasteiger charge is 1.98. The molecule has 0 saturated heterocycles. The molecule has 0 radical (unpaired) electrons. The fourth-order valence-corrected chi connectivity index (χ4v) is 1.13. The van der Waals surface area contributed by atoms with Gasteiger partial charge < -0.3 is 5.32 Å². The zero-order chi connectivity index (χ0) is 9.52. The van der Waals surface area contributed by atoms with Crippen molar-refractivity contribution in [3.8, 4) is 0 Å². The maximum atomic E-state index is 13.1. The van der Waals surface area contributed by atoms with Crippen molar-refractivity contribution < 1.29 is 4.39 Å². The van der Waals surface area contributed by atoms with E-state index in [9.17, 15) is 4.39 Å². The van der Waals surface area contributed by atoms with E-state index in [0.717, 1.165) is 25.1 Å². The molecule has 0 fully saturated rings. The van der Waals surface area contributed by atoms with Crippen LogP contribution in [0.1, 0.15) is 5.56 Å². The lowest BCUT2D eigenvalue weighted by atomic mass is 10.1. The maximum Gasteiger partial charge on any atom is 0.126 e. The first-order valence-corrected chi connectivity index (χ1v) is 4.39. The van der Waals surface area contributed by atoms with E-state index in [1.165, 1.54) is 6.07 Å². The molecule has 1 N–H and O–H groups in total. The summed E-state index contributed by atoms with van der Waals surface area (Å²) in [5.41, 5.74) is 0.763. The zero-order valence-electron chi connectivity index (χ0n) is 7.59. The van der Waals surface area contributed by atoms with Gasteiger partial charge in [0.25, 0.3) is 0 Å². The van der Waals surface area contributed by atoms with E-state index in [1.54, 1.807) is 12.1 Å². The lowest BCUT2D eigenvalue weighted by Gasteiger charge is -2.02. The van der Waals surface area contributed by atoms with Gasteiger partial charge in [-0.25, -0.2) is 4.39 Å².